The zero-order valence-electron chi connectivity index (χ0n) is 11.7. The maximum atomic E-state index is 13.7. The third-order valence-corrected chi connectivity index (χ3v) is 3.27. The second kappa shape index (κ2) is 5.98. The number of hydrogen-bond donors (Lipinski definition) is 1. The van der Waals surface area contributed by atoms with Gasteiger partial charge in [-0.3, -0.25) is 0 Å². The van der Waals surface area contributed by atoms with E-state index >= 15 is 0 Å². The predicted molar refractivity (Wildman–Crippen MR) is 77.6 cm³/mol. The lowest BCUT2D eigenvalue weighted by atomic mass is 10.1. The van der Waals surface area contributed by atoms with Gasteiger partial charge < -0.3 is 5.32 Å². The molecule has 1 N–H and O–H groups in total. The van der Waals surface area contributed by atoms with Crippen LogP contribution in [0, 0.1) is 19.7 Å². The largest absolute Gasteiger partial charge is 0.306 e. The number of halogens is 1. The maximum absolute atomic E-state index is 13.7. The van der Waals surface area contributed by atoms with E-state index in [9.17, 15) is 4.39 Å². The molecule has 0 bridgehead atoms. The average Bonchev–Trinajstić information content (AvgIpc) is 2.35. The molecule has 2 aromatic rings. The lowest BCUT2D eigenvalue weighted by Gasteiger charge is -2.15. The van der Waals surface area contributed by atoms with Crippen LogP contribution in [0.5, 0.6) is 0 Å². The van der Waals surface area contributed by atoms with Crippen molar-refractivity contribution in [2.24, 2.45) is 0 Å². The van der Waals surface area contributed by atoms with E-state index in [0.717, 1.165) is 6.54 Å². The van der Waals surface area contributed by atoms with Gasteiger partial charge >= 0.3 is 0 Å². The second-order valence-corrected chi connectivity index (χ2v) is 5.12. The van der Waals surface area contributed by atoms with Crippen LogP contribution in [0.2, 0.25) is 0 Å². The molecule has 0 amide bonds. The van der Waals surface area contributed by atoms with Crippen molar-refractivity contribution in [1.29, 1.82) is 0 Å². The van der Waals surface area contributed by atoms with E-state index in [2.05, 4.69) is 37.4 Å². The van der Waals surface area contributed by atoms with Crippen molar-refractivity contribution in [2.75, 3.05) is 0 Å². The monoisotopic (exact) mass is 257 g/mol. The van der Waals surface area contributed by atoms with Crippen LogP contribution in [-0.2, 0) is 6.54 Å². The van der Waals surface area contributed by atoms with Gasteiger partial charge in [-0.2, -0.15) is 0 Å². The summed E-state index contributed by atoms with van der Waals surface area (Å²) < 4.78 is 13.7. The Kier molecular flexibility index (Phi) is 4.33. The summed E-state index contributed by atoms with van der Waals surface area (Å²) in [6.45, 7) is 6.92. The summed E-state index contributed by atoms with van der Waals surface area (Å²) in [5.74, 6) is -0.150. The second-order valence-electron chi connectivity index (χ2n) is 5.12. The quantitative estimate of drug-likeness (QED) is 0.861. The zero-order chi connectivity index (χ0) is 13.8. The summed E-state index contributed by atoms with van der Waals surface area (Å²) >= 11 is 0. The summed E-state index contributed by atoms with van der Waals surface area (Å²) in [5, 5.41) is 3.37. The molecule has 0 saturated carbocycles. The molecule has 1 nitrogen and oxygen atoms in total. The molecule has 0 aliphatic rings. The number of hydrogen-bond acceptors (Lipinski definition) is 1. The van der Waals surface area contributed by atoms with Gasteiger partial charge in [-0.25, -0.2) is 4.39 Å². The molecule has 0 saturated heterocycles. The fourth-order valence-electron chi connectivity index (χ4n) is 2.38. The van der Waals surface area contributed by atoms with Crippen molar-refractivity contribution >= 4 is 0 Å². The Labute approximate surface area is 114 Å². The van der Waals surface area contributed by atoms with Crippen LogP contribution in [0.3, 0.4) is 0 Å². The van der Waals surface area contributed by atoms with E-state index in [4.69, 9.17) is 0 Å². The van der Waals surface area contributed by atoms with Crippen molar-refractivity contribution in [2.45, 2.75) is 33.4 Å². The van der Waals surface area contributed by atoms with Gasteiger partial charge in [0.25, 0.3) is 0 Å². The van der Waals surface area contributed by atoms with Crippen LogP contribution in [0.15, 0.2) is 42.5 Å². The van der Waals surface area contributed by atoms with Crippen LogP contribution in [0.25, 0.3) is 0 Å². The van der Waals surface area contributed by atoms with E-state index < -0.39 is 0 Å². The summed E-state index contributed by atoms with van der Waals surface area (Å²) in [6.07, 6.45) is 0. The first-order valence-electron chi connectivity index (χ1n) is 6.61. The van der Waals surface area contributed by atoms with Crippen LogP contribution in [-0.4, -0.2) is 0 Å². The minimum absolute atomic E-state index is 0.00187. The van der Waals surface area contributed by atoms with Crippen LogP contribution < -0.4 is 5.32 Å². The van der Waals surface area contributed by atoms with Crippen LogP contribution in [0.1, 0.15) is 35.2 Å². The number of aryl methyl sites for hydroxylation is 2. The summed E-state index contributed by atoms with van der Waals surface area (Å²) in [4.78, 5) is 0. The van der Waals surface area contributed by atoms with Crippen molar-refractivity contribution in [3.05, 3.63) is 70.5 Å². The minimum atomic E-state index is -0.150. The first-order valence-corrected chi connectivity index (χ1v) is 6.61. The third-order valence-electron chi connectivity index (χ3n) is 3.27. The molecule has 0 aliphatic heterocycles. The minimum Gasteiger partial charge on any atom is -0.306 e. The van der Waals surface area contributed by atoms with Crippen molar-refractivity contribution in [3.8, 4) is 0 Å². The third kappa shape index (κ3) is 3.65. The highest BCUT2D eigenvalue weighted by molar-refractivity contribution is 5.28. The Morgan fingerprint density at radius 1 is 1.05 bits per heavy atom. The Hall–Kier alpha value is -1.67. The molecule has 0 fully saturated rings. The fraction of sp³-hybridized carbons (Fsp3) is 0.294. The van der Waals surface area contributed by atoms with E-state index in [1.54, 1.807) is 6.07 Å². The van der Waals surface area contributed by atoms with Gasteiger partial charge in [0.1, 0.15) is 5.82 Å². The molecule has 1 atom stereocenters. The standard InChI is InChI=1S/C17H20FN/c1-12-8-13(2)10-15(9-12)11-19-14(3)16-6-4-5-7-17(16)18/h4-10,14,19H,11H2,1-3H3. The highest BCUT2D eigenvalue weighted by Gasteiger charge is 2.09. The van der Waals surface area contributed by atoms with Crippen molar-refractivity contribution in [3.63, 3.8) is 0 Å². The summed E-state index contributed by atoms with van der Waals surface area (Å²) in [7, 11) is 0. The Bertz CT molecular complexity index is 543. The first kappa shape index (κ1) is 13.8. The van der Waals surface area contributed by atoms with E-state index in [0.29, 0.717) is 5.56 Å². The lowest BCUT2D eigenvalue weighted by molar-refractivity contribution is 0.528. The summed E-state index contributed by atoms with van der Waals surface area (Å²) in [6, 6.07) is 13.4. The molecule has 0 aromatic heterocycles. The van der Waals surface area contributed by atoms with Crippen LogP contribution in [0.4, 0.5) is 4.39 Å². The topological polar surface area (TPSA) is 12.0 Å². The first-order chi connectivity index (χ1) is 9.06. The van der Waals surface area contributed by atoms with Crippen LogP contribution >= 0.6 is 0 Å². The molecule has 100 valence electrons. The molecule has 2 heteroatoms. The summed E-state index contributed by atoms with van der Waals surface area (Å²) in [5.41, 5.74) is 4.47. The Morgan fingerprint density at radius 2 is 1.68 bits per heavy atom. The van der Waals surface area contributed by atoms with E-state index in [1.807, 2.05) is 19.1 Å². The number of benzene rings is 2. The van der Waals surface area contributed by atoms with Gasteiger partial charge in [0.15, 0.2) is 0 Å². The molecular weight excluding hydrogens is 237 g/mol. The SMILES string of the molecule is Cc1cc(C)cc(CNC(C)c2ccccc2F)c1. The predicted octanol–water partition coefficient (Wildman–Crippen LogP) is 4.29. The Morgan fingerprint density at radius 3 is 2.32 bits per heavy atom. The average molecular weight is 257 g/mol. The molecule has 0 radical (unpaired) electrons. The van der Waals surface area contributed by atoms with Gasteiger partial charge in [0.2, 0.25) is 0 Å². The van der Waals surface area contributed by atoms with Crippen molar-refractivity contribution < 1.29 is 4.39 Å². The van der Waals surface area contributed by atoms with Gasteiger partial charge in [-0.15, -0.1) is 0 Å². The number of rotatable bonds is 4. The van der Waals surface area contributed by atoms with E-state index in [1.165, 1.54) is 22.8 Å². The molecule has 19 heavy (non-hydrogen) atoms. The van der Waals surface area contributed by atoms with Crippen molar-refractivity contribution in [1.82, 2.24) is 5.32 Å². The highest BCUT2D eigenvalue weighted by Crippen LogP contribution is 2.17. The number of nitrogens with one attached hydrogen (secondary N) is 1. The van der Waals surface area contributed by atoms with Gasteiger partial charge in [0.05, 0.1) is 0 Å². The van der Waals surface area contributed by atoms with Gasteiger partial charge in [0, 0.05) is 18.2 Å². The lowest BCUT2D eigenvalue weighted by Crippen LogP contribution is -2.19. The van der Waals surface area contributed by atoms with Gasteiger partial charge in [-0.1, -0.05) is 47.5 Å². The molecule has 0 aliphatic carbocycles. The van der Waals surface area contributed by atoms with Gasteiger partial charge in [-0.05, 0) is 32.4 Å². The van der Waals surface area contributed by atoms with E-state index in [-0.39, 0.29) is 11.9 Å². The highest BCUT2D eigenvalue weighted by atomic mass is 19.1. The molecule has 0 heterocycles. The molecule has 1 unspecified atom stereocenters. The Balaban J connectivity index is 2.04. The molecule has 0 spiro atoms. The normalized spacial score (nSPS) is 12.4. The molecular formula is C17H20FN. The molecule has 2 aromatic carbocycles. The molecule has 2 rings (SSSR count). The maximum Gasteiger partial charge on any atom is 0.127 e. The zero-order valence-corrected chi connectivity index (χ0v) is 11.7. The smallest absolute Gasteiger partial charge is 0.127 e. The fourth-order valence-corrected chi connectivity index (χ4v) is 2.38.